The summed E-state index contributed by atoms with van der Waals surface area (Å²) in [6.07, 6.45) is 6.01. The number of aromatic amines is 1. The van der Waals surface area contributed by atoms with Gasteiger partial charge in [0.05, 0.1) is 5.69 Å². The van der Waals surface area contributed by atoms with E-state index >= 15 is 0 Å². The molecule has 0 amide bonds. The summed E-state index contributed by atoms with van der Waals surface area (Å²) in [7, 11) is 0. The molecule has 1 aliphatic carbocycles. The average Bonchev–Trinajstić information content (AvgIpc) is 3.17. The molecule has 0 bridgehead atoms. The lowest BCUT2D eigenvalue weighted by Crippen LogP contribution is -2.41. The summed E-state index contributed by atoms with van der Waals surface area (Å²) in [4.78, 5) is 8.46. The summed E-state index contributed by atoms with van der Waals surface area (Å²) in [6.45, 7) is 16.4. The molecule has 32 heavy (non-hydrogen) atoms. The Hall–Kier alpha value is -3.09. The number of nitrogens with two attached hydrogens (primary N) is 1. The van der Waals surface area contributed by atoms with Crippen molar-refractivity contribution in [2.75, 3.05) is 0 Å². The third kappa shape index (κ3) is 5.39. The van der Waals surface area contributed by atoms with Crippen molar-refractivity contribution in [3.63, 3.8) is 0 Å². The fourth-order valence-corrected chi connectivity index (χ4v) is 4.01. The van der Waals surface area contributed by atoms with Crippen molar-refractivity contribution in [1.82, 2.24) is 9.97 Å². The molecule has 0 spiro atoms. The van der Waals surface area contributed by atoms with Crippen molar-refractivity contribution >= 4 is 6.08 Å². The maximum Gasteiger partial charge on any atom is 0.138 e. The summed E-state index contributed by atoms with van der Waals surface area (Å²) in [5, 5.41) is 0. The maximum absolute atomic E-state index is 6.35. The second kappa shape index (κ2) is 9.59. The van der Waals surface area contributed by atoms with Crippen LogP contribution in [0.4, 0.5) is 0 Å². The van der Waals surface area contributed by atoms with Gasteiger partial charge in [0.2, 0.25) is 0 Å². The number of allylic oxidation sites excluding steroid dienone is 1. The third-order valence-electron chi connectivity index (χ3n) is 5.65. The van der Waals surface area contributed by atoms with Crippen molar-refractivity contribution in [2.24, 2.45) is 11.7 Å². The van der Waals surface area contributed by atoms with E-state index < -0.39 is 0 Å². The first kappa shape index (κ1) is 23.6. The number of benzene rings is 1. The van der Waals surface area contributed by atoms with Gasteiger partial charge in [-0.1, -0.05) is 50.3 Å². The summed E-state index contributed by atoms with van der Waals surface area (Å²) in [5.74, 6) is 1.19. The lowest BCUT2D eigenvalue weighted by Gasteiger charge is -2.29. The van der Waals surface area contributed by atoms with Gasteiger partial charge in [-0.15, -0.1) is 0 Å². The van der Waals surface area contributed by atoms with Crippen LogP contribution in [-0.4, -0.2) is 15.5 Å². The van der Waals surface area contributed by atoms with Gasteiger partial charge < -0.3 is 10.7 Å². The Morgan fingerprint density at radius 1 is 1.19 bits per heavy atom. The molecule has 1 atom stereocenters. The van der Waals surface area contributed by atoms with Crippen molar-refractivity contribution in [3.05, 3.63) is 83.2 Å². The van der Waals surface area contributed by atoms with Crippen LogP contribution in [0.2, 0.25) is 0 Å². The van der Waals surface area contributed by atoms with E-state index in [2.05, 4.69) is 80.9 Å². The number of imidazole rings is 1. The van der Waals surface area contributed by atoms with Gasteiger partial charge in [0.25, 0.3) is 0 Å². The van der Waals surface area contributed by atoms with Crippen LogP contribution in [0.25, 0.3) is 28.6 Å². The van der Waals surface area contributed by atoms with Gasteiger partial charge in [-0.05, 0) is 93.1 Å². The molecule has 3 nitrogen and oxygen atoms in total. The van der Waals surface area contributed by atoms with Crippen molar-refractivity contribution in [1.29, 1.82) is 0 Å². The molecule has 1 heterocycles. The molecule has 1 aliphatic rings. The minimum Gasteiger partial charge on any atom is -0.341 e. The molecule has 0 aliphatic heterocycles. The van der Waals surface area contributed by atoms with Crippen LogP contribution in [0.15, 0.2) is 48.6 Å². The van der Waals surface area contributed by atoms with Gasteiger partial charge in [0.15, 0.2) is 0 Å². The molecule has 0 radical (unpaired) electrons. The third-order valence-corrected chi connectivity index (χ3v) is 5.65. The molecule has 1 aromatic heterocycles. The van der Waals surface area contributed by atoms with Crippen LogP contribution in [-0.2, 0) is 12.8 Å². The number of fused-ring (bicyclic) bond motifs is 1. The Morgan fingerprint density at radius 2 is 1.91 bits per heavy atom. The van der Waals surface area contributed by atoms with Gasteiger partial charge in [-0.2, -0.15) is 0 Å². The molecule has 0 fully saturated rings. The van der Waals surface area contributed by atoms with Gasteiger partial charge in [0.1, 0.15) is 5.82 Å². The molecule has 2 aromatic carbocycles. The van der Waals surface area contributed by atoms with Crippen LogP contribution in [0, 0.1) is 25.0 Å². The number of rotatable bonds is 5. The molecule has 1 unspecified atom stereocenters. The van der Waals surface area contributed by atoms with E-state index in [-0.39, 0.29) is 5.54 Å². The zero-order chi connectivity index (χ0) is 23.5. The van der Waals surface area contributed by atoms with E-state index in [1.807, 2.05) is 26.8 Å². The quantitative estimate of drug-likeness (QED) is 0.446. The topological polar surface area (TPSA) is 54.7 Å². The number of hydrogen-bond acceptors (Lipinski definition) is 2. The highest BCUT2D eigenvalue weighted by atomic mass is 14.9. The molecular formula is C29H35N3. The van der Waals surface area contributed by atoms with E-state index in [0.717, 1.165) is 57.9 Å². The van der Waals surface area contributed by atoms with Crippen LogP contribution in [0.1, 0.15) is 57.1 Å². The number of aromatic nitrogens is 2. The summed E-state index contributed by atoms with van der Waals surface area (Å²) < 4.78 is 0. The second-order valence-electron chi connectivity index (χ2n) is 9.19. The Bertz CT molecular complexity index is 1130. The number of nitrogens with zero attached hydrogens (tertiary/aromatic N) is 1. The number of nitrogens with one attached hydrogen (secondary N) is 1. The molecule has 3 N–H and O–H groups in total. The van der Waals surface area contributed by atoms with Gasteiger partial charge in [-0.25, -0.2) is 4.98 Å². The standard InChI is InChI=1S/C27H29N3.C2H6/c1-17(2)11-19-13-21(20-8-6-7-18(3)12-20)15-22(14-19)26-29-24-10-9-23(27(4,5)28)16-25(24)30-26;1-2/h8-10,12-15,23H,1,11,16,28H2,2-5H3,(H,29,30);1-2H3. The molecule has 3 aromatic rings. The van der Waals surface area contributed by atoms with E-state index in [1.54, 1.807) is 0 Å². The van der Waals surface area contributed by atoms with Gasteiger partial charge >= 0.3 is 0 Å². The minimum atomic E-state index is -0.257. The maximum atomic E-state index is 6.35. The summed E-state index contributed by atoms with van der Waals surface area (Å²) >= 11 is 0. The van der Waals surface area contributed by atoms with Crippen LogP contribution in [0.3, 0.4) is 0 Å². The highest BCUT2D eigenvalue weighted by molar-refractivity contribution is 5.72. The first-order valence-electron chi connectivity index (χ1n) is 11.4. The summed E-state index contributed by atoms with van der Waals surface area (Å²) in [6, 6.07) is 17.0. The largest absolute Gasteiger partial charge is 0.341 e. The van der Waals surface area contributed by atoms with Gasteiger partial charge in [-0.3, -0.25) is 0 Å². The zero-order valence-electron chi connectivity index (χ0n) is 20.3. The Kier molecular flexibility index (Phi) is 7.06. The highest BCUT2D eigenvalue weighted by Gasteiger charge is 2.27. The first-order valence-corrected chi connectivity index (χ1v) is 11.4. The Morgan fingerprint density at radius 3 is 2.56 bits per heavy atom. The predicted octanol–water partition coefficient (Wildman–Crippen LogP) is 6.72. The monoisotopic (exact) mass is 425 g/mol. The van der Waals surface area contributed by atoms with E-state index in [4.69, 9.17) is 10.7 Å². The van der Waals surface area contributed by atoms with E-state index in [0.29, 0.717) is 5.92 Å². The average molecular weight is 426 g/mol. The predicted molar refractivity (Wildman–Crippen MR) is 136 cm³/mol. The van der Waals surface area contributed by atoms with Crippen molar-refractivity contribution in [3.8, 4) is 22.5 Å². The molecule has 4 rings (SSSR count). The van der Waals surface area contributed by atoms with Crippen LogP contribution in [0.5, 0.6) is 0 Å². The van der Waals surface area contributed by atoms with E-state index in [9.17, 15) is 0 Å². The zero-order valence-corrected chi connectivity index (χ0v) is 20.3. The smallest absolute Gasteiger partial charge is 0.138 e. The van der Waals surface area contributed by atoms with Crippen molar-refractivity contribution in [2.45, 2.75) is 59.9 Å². The molecular weight excluding hydrogens is 390 g/mol. The fraction of sp³-hybridized carbons (Fsp3) is 0.345. The number of hydrogen-bond donors (Lipinski definition) is 2. The first-order chi connectivity index (χ1) is 15.2. The summed E-state index contributed by atoms with van der Waals surface area (Å²) in [5.41, 5.74) is 15.1. The lowest BCUT2D eigenvalue weighted by molar-refractivity contribution is 0.377. The molecule has 3 heteroatoms. The molecule has 166 valence electrons. The second-order valence-corrected chi connectivity index (χ2v) is 9.19. The normalized spacial score (nSPS) is 14.8. The van der Waals surface area contributed by atoms with E-state index in [1.165, 1.54) is 5.56 Å². The highest BCUT2D eigenvalue weighted by Crippen LogP contribution is 2.32. The fourth-order valence-electron chi connectivity index (χ4n) is 4.01. The lowest BCUT2D eigenvalue weighted by atomic mass is 9.82. The number of H-pyrrole nitrogens is 1. The SMILES string of the molecule is C=C(C)Cc1cc(-c2cc#cc(C)c2)cc(-c2nc3c([nH]2)CC(C(C)(C)N)C=C3)c1.CC. The molecule has 0 saturated carbocycles. The Balaban J connectivity index is 0.00000141. The van der Waals surface area contributed by atoms with Crippen LogP contribution >= 0.6 is 0 Å². The van der Waals surface area contributed by atoms with Crippen molar-refractivity contribution < 1.29 is 0 Å². The van der Waals surface area contributed by atoms with Crippen LogP contribution < -0.4 is 5.73 Å². The number of aryl methyl sites for hydroxylation is 1. The molecule has 0 saturated heterocycles. The van der Waals surface area contributed by atoms with Gasteiger partial charge in [0, 0.05) is 22.7 Å². The Labute approximate surface area is 193 Å². The minimum absolute atomic E-state index is 0.257.